The van der Waals surface area contributed by atoms with Gasteiger partial charge in [-0.3, -0.25) is 4.90 Å². The second-order valence-electron chi connectivity index (χ2n) is 4.52. The number of nitrogens with two attached hydrogens (primary N) is 1. The molecule has 1 fully saturated rings. The maximum atomic E-state index is 6.06. The van der Waals surface area contributed by atoms with Crippen molar-refractivity contribution in [1.29, 1.82) is 0 Å². The molecule has 1 aliphatic heterocycles. The minimum atomic E-state index is 0.285. The van der Waals surface area contributed by atoms with Gasteiger partial charge in [0.25, 0.3) is 0 Å². The fourth-order valence-electron chi connectivity index (χ4n) is 2.16. The molecule has 0 aliphatic carbocycles. The van der Waals surface area contributed by atoms with E-state index in [0.29, 0.717) is 18.2 Å². The third-order valence-corrected chi connectivity index (χ3v) is 3.11. The monoisotopic (exact) mass is 200 g/mol. The molecule has 1 heterocycles. The van der Waals surface area contributed by atoms with E-state index in [1.165, 1.54) is 0 Å². The molecular formula is C11H24N2O. The smallest absolute Gasteiger partial charge is 0.0678 e. The number of nitrogens with zero attached hydrogens (tertiary/aromatic N) is 1. The molecule has 0 radical (unpaired) electrons. The van der Waals surface area contributed by atoms with Crippen LogP contribution in [-0.4, -0.2) is 42.3 Å². The van der Waals surface area contributed by atoms with Gasteiger partial charge in [-0.15, -0.1) is 0 Å². The molecule has 3 nitrogen and oxygen atoms in total. The normalized spacial score (nSPS) is 34.1. The fourth-order valence-corrected chi connectivity index (χ4v) is 2.16. The summed E-state index contributed by atoms with van der Waals surface area (Å²) in [4.78, 5) is 2.45. The van der Waals surface area contributed by atoms with E-state index in [1.807, 2.05) is 0 Å². The van der Waals surface area contributed by atoms with Crippen molar-refractivity contribution in [3.05, 3.63) is 0 Å². The molecule has 14 heavy (non-hydrogen) atoms. The van der Waals surface area contributed by atoms with Crippen molar-refractivity contribution in [1.82, 2.24) is 4.90 Å². The van der Waals surface area contributed by atoms with Crippen LogP contribution in [0.1, 0.15) is 34.1 Å². The quantitative estimate of drug-likeness (QED) is 0.744. The summed E-state index contributed by atoms with van der Waals surface area (Å²) in [7, 11) is 0. The van der Waals surface area contributed by atoms with Gasteiger partial charge in [-0.05, 0) is 27.2 Å². The third kappa shape index (κ3) is 2.94. The molecule has 0 saturated carbocycles. The summed E-state index contributed by atoms with van der Waals surface area (Å²) in [5, 5.41) is 0. The first-order chi connectivity index (χ1) is 6.54. The van der Waals surface area contributed by atoms with Crippen LogP contribution in [0.3, 0.4) is 0 Å². The molecule has 0 bridgehead atoms. The Bertz CT molecular complexity index is 165. The van der Waals surface area contributed by atoms with E-state index in [1.54, 1.807) is 0 Å². The number of morpholine rings is 1. The third-order valence-electron chi connectivity index (χ3n) is 3.11. The zero-order valence-electron chi connectivity index (χ0n) is 9.86. The molecule has 3 heteroatoms. The van der Waals surface area contributed by atoms with Crippen LogP contribution < -0.4 is 5.73 Å². The van der Waals surface area contributed by atoms with Gasteiger partial charge < -0.3 is 10.5 Å². The van der Waals surface area contributed by atoms with E-state index in [-0.39, 0.29) is 6.04 Å². The number of hydrogen-bond donors (Lipinski definition) is 1. The minimum absolute atomic E-state index is 0.285. The Hall–Kier alpha value is -0.120. The Kier molecular flexibility index (Phi) is 4.35. The number of hydrogen-bond acceptors (Lipinski definition) is 3. The molecule has 0 amide bonds. The van der Waals surface area contributed by atoms with Crippen molar-refractivity contribution < 1.29 is 4.74 Å². The van der Waals surface area contributed by atoms with Crippen molar-refractivity contribution in [2.24, 2.45) is 5.73 Å². The molecule has 2 unspecified atom stereocenters. The Labute approximate surface area is 87.6 Å². The Morgan fingerprint density at radius 3 is 2.29 bits per heavy atom. The molecular weight excluding hydrogens is 176 g/mol. The summed E-state index contributed by atoms with van der Waals surface area (Å²) in [6.07, 6.45) is 1.72. The zero-order valence-corrected chi connectivity index (χ0v) is 9.86. The van der Waals surface area contributed by atoms with Gasteiger partial charge >= 0.3 is 0 Å². The van der Waals surface area contributed by atoms with Gasteiger partial charge in [0.2, 0.25) is 0 Å². The lowest BCUT2D eigenvalue weighted by molar-refractivity contribution is -0.0808. The van der Waals surface area contributed by atoms with Gasteiger partial charge in [-0.2, -0.15) is 0 Å². The largest absolute Gasteiger partial charge is 0.373 e. The van der Waals surface area contributed by atoms with Crippen LogP contribution >= 0.6 is 0 Å². The molecule has 2 N–H and O–H groups in total. The first kappa shape index (κ1) is 12.0. The molecule has 1 saturated heterocycles. The summed E-state index contributed by atoms with van der Waals surface area (Å²) in [5.74, 6) is 0. The molecule has 84 valence electrons. The molecule has 0 aromatic heterocycles. The Morgan fingerprint density at radius 2 is 1.86 bits per heavy atom. The molecule has 0 aromatic carbocycles. The SMILES string of the molecule is CCC(N)C(C)N1C[C@@H](C)O[C@@H](C)C1. The van der Waals surface area contributed by atoms with Crippen LogP contribution in [-0.2, 0) is 4.74 Å². The zero-order chi connectivity index (χ0) is 10.7. The highest BCUT2D eigenvalue weighted by Crippen LogP contribution is 2.15. The van der Waals surface area contributed by atoms with Crippen LogP contribution in [0.5, 0.6) is 0 Å². The first-order valence-corrected chi connectivity index (χ1v) is 5.69. The van der Waals surface area contributed by atoms with Crippen molar-refractivity contribution in [2.75, 3.05) is 13.1 Å². The van der Waals surface area contributed by atoms with Crippen molar-refractivity contribution in [2.45, 2.75) is 58.4 Å². The molecule has 1 aliphatic rings. The van der Waals surface area contributed by atoms with E-state index < -0.39 is 0 Å². The highest BCUT2D eigenvalue weighted by Gasteiger charge is 2.27. The molecule has 0 spiro atoms. The highest BCUT2D eigenvalue weighted by atomic mass is 16.5. The lowest BCUT2D eigenvalue weighted by Crippen LogP contribution is -2.54. The van der Waals surface area contributed by atoms with E-state index in [4.69, 9.17) is 10.5 Å². The number of ether oxygens (including phenoxy) is 1. The van der Waals surface area contributed by atoms with Crippen LogP contribution in [0, 0.1) is 0 Å². The molecule has 0 aromatic rings. The average molecular weight is 200 g/mol. The number of rotatable bonds is 3. The van der Waals surface area contributed by atoms with Crippen LogP contribution in [0.4, 0.5) is 0 Å². The fraction of sp³-hybridized carbons (Fsp3) is 1.00. The summed E-state index contributed by atoms with van der Waals surface area (Å²) >= 11 is 0. The summed E-state index contributed by atoms with van der Waals surface area (Å²) in [5.41, 5.74) is 6.06. The first-order valence-electron chi connectivity index (χ1n) is 5.69. The molecule has 4 atom stereocenters. The predicted octanol–water partition coefficient (Wildman–Crippen LogP) is 1.22. The van der Waals surface area contributed by atoms with E-state index >= 15 is 0 Å². The van der Waals surface area contributed by atoms with Gasteiger partial charge in [0.15, 0.2) is 0 Å². The summed E-state index contributed by atoms with van der Waals surface area (Å²) < 4.78 is 5.70. The van der Waals surface area contributed by atoms with Crippen molar-refractivity contribution in [3.8, 4) is 0 Å². The van der Waals surface area contributed by atoms with E-state index in [9.17, 15) is 0 Å². The van der Waals surface area contributed by atoms with Crippen LogP contribution in [0.15, 0.2) is 0 Å². The Morgan fingerprint density at radius 1 is 1.36 bits per heavy atom. The predicted molar refractivity (Wildman–Crippen MR) is 59.3 cm³/mol. The van der Waals surface area contributed by atoms with Crippen LogP contribution in [0.2, 0.25) is 0 Å². The van der Waals surface area contributed by atoms with Gasteiger partial charge in [0.05, 0.1) is 12.2 Å². The van der Waals surface area contributed by atoms with Gasteiger partial charge in [0, 0.05) is 25.2 Å². The second kappa shape index (κ2) is 5.10. The lowest BCUT2D eigenvalue weighted by atomic mass is 10.0. The van der Waals surface area contributed by atoms with Gasteiger partial charge in [-0.25, -0.2) is 0 Å². The standard InChI is InChI=1S/C11H24N2O/c1-5-11(12)10(4)13-6-8(2)14-9(3)7-13/h8-11H,5-7,12H2,1-4H3/t8-,9+,10?,11?. The van der Waals surface area contributed by atoms with Gasteiger partial charge in [-0.1, -0.05) is 6.92 Å². The van der Waals surface area contributed by atoms with Gasteiger partial charge in [0.1, 0.15) is 0 Å². The highest BCUT2D eigenvalue weighted by molar-refractivity contribution is 4.82. The van der Waals surface area contributed by atoms with Crippen molar-refractivity contribution in [3.63, 3.8) is 0 Å². The van der Waals surface area contributed by atoms with E-state index in [2.05, 4.69) is 32.6 Å². The second-order valence-corrected chi connectivity index (χ2v) is 4.52. The van der Waals surface area contributed by atoms with Crippen molar-refractivity contribution >= 4 is 0 Å². The maximum Gasteiger partial charge on any atom is 0.0678 e. The molecule has 1 rings (SSSR count). The summed E-state index contributed by atoms with van der Waals surface area (Å²) in [6.45, 7) is 10.7. The average Bonchev–Trinajstić information content (AvgIpc) is 2.14. The van der Waals surface area contributed by atoms with Crippen LogP contribution in [0.25, 0.3) is 0 Å². The summed E-state index contributed by atoms with van der Waals surface area (Å²) in [6, 6.07) is 0.751. The topological polar surface area (TPSA) is 38.5 Å². The van der Waals surface area contributed by atoms with E-state index in [0.717, 1.165) is 19.5 Å². The minimum Gasteiger partial charge on any atom is -0.373 e. The Balaban J connectivity index is 2.50. The lowest BCUT2D eigenvalue weighted by Gasteiger charge is -2.40. The maximum absolute atomic E-state index is 6.06.